The van der Waals surface area contributed by atoms with Crippen LogP contribution in [0.15, 0.2) is 24.3 Å². The van der Waals surface area contributed by atoms with Gasteiger partial charge in [0.05, 0.1) is 17.1 Å². The average molecular weight is 326 g/mol. The summed E-state index contributed by atoms with van der Waals surface area (Å²) < 4.78 is 0. The Morgan fingerprint density at radius 3 is 2.50 bits per heavy atom. The molecule has 120 valence electrons. The van der Waals surface area contributed by atoms with Gasteiger partial charge in [0, 0.05) is 6.54 Å². The maximum absolute atomic E-state index is 12.0. The van der Waals surface area contributed by atoms with E-state index in [1.54, 1.807) is 24.3 Å². The van der Waals surface area contributed by atoms with E-state index in [1.165, 1.54) is 6.92 Å². The number of rotatable bonds is 7. The molecule has 0 saturated heterocycles. The van der Waals surface area contributed by atoms with Crippen molar-refractivity contribution in [2.75, 3.05) is 13.1 Å². The van der Waals surface area contributed by atoms with E-state index in [-0.39, 0.29) is 12.5 Å². The molecule has 0 aliphatic carbocycles. The lowest BCUT2D eigenvalue weighted by molar-refractivity contribution is -0.126. The van der Waals surface area contributed by atoms with Gasteiger partial charge in [-0.3, -0.25) is 14.4 Å². The highest BCUT2D eigenvalue weighted by molar-refractivity contribution is 6.33. The van der Waals surface area contributed by atoms with E-state index in [0.29, 0.717) is 17.1 Å². The van der Waals surface area contributed by atoms with Gasteiger partial charge in [0.15, 0.2) is 0 Å². The molecule has 6 nitrogen and oxygen atoms in total. The van der Waals surface area contributed by atoms with Crippen molar-refractivity contribution in [3.63, 3.8) is 0 Å². The van der Waals surface area contributed by atoms with E-state index in [4.69, 9.17) is 11.6 Å². The summed E-state index contributed by atoms with van der Waals surface area (Å²) in [5.74, 6) is -1.14. The monoisotopic (exact) mass is 325 g/mol. The van der Waals surface area contributed by atoms with Crippen LogP contribution < -0.4 is 16.0 Å². The van der Waals surface area contributed by atoms with Crippen LogP contribution in [0.2, 0.25) is 5.02 Å². The average Bonchev–Trinajstić information content (AvgIpc) is 2.50. The van der Waals surface area contributed by atoms with Crippen LogP contribution in [-0.2, 0) is 9.59 Å². The number of hydrogen-bond donors (Lipinski definition) is 3. The summed E-state index contributed by atoms with van der Waals surface area (Å²) in [4.78, 5) is 35.2. The zero-order valence-electron chi connectivity index (χ0n) is 12.6. The van der Waals surface area contributed by atoms with E-state index in [0.717, 1.165) is 6.42 Å². The number of amides is 3. The van der Waals surface area contributed by atoms with E-state index in [1.807, 2.05) is 6.92 Å². The van der Waals surface area contributed by atoms with Crippen LogP contribution in [0, 0.1) is 0 Å². The number of carbonyl (C=O) groups excluding carboxylic acids is 3. The molecule has 0 aliphatic rings. The first-order chi connectivity index (χ1) is 10.5. The predicted molar refractivity (Wildman–Crippen MR) is 84.7 cm³/mol. The third kappa shape index (κ3) is 5.73. The van der Waals surface area contributed by atoms with Crippen molar-refractivity contribution in [2.24, 2.45) is 0 Å². The Bertz CT molecular complexity index is 549. The molecule has 22 heavy (non-hydrogen) atoms. The zero-order chi connectivity index (χ0) is 16.5. The number of benzene rings is 1. The highest BCUT2D eigenvalue weighted by Crippen LogP contribution is 2.14. The van der Waals surface area contributed by atoms with E-state index < -0.39 is 17.9 Å². The highest BCUT2D eigenvalue weighted by atomic mass is 35.5. The molecule has 0 spiro atoms. The molecule has 3 N–H and O–H groups in total. The van der Waals surface area contributed by atoms with Crippen LogP contribution in [0.5, 0.6) is 0 Å². The van der Waals surface area contributed by atoms with E-state index >= 15 is 0 Å². The fourth-order valence-corrected chi connectivity index (χ4v) is 1.85. The standard InChI is InChI=1S/C15H20ClN3O3/c1-3-8-17-13(20)9-18-14(21)10(2)19-15(22)11-6-4-5-7-12(11)16/h4-7,10H,3,8-9H2,1-2H3,(H,17,20)(H,18,21)(H,19,22). The van der Waals surface area contributed by atoms with Crippen molar-refractivity contribution in [2.45, 2.75) is 26.3 Å². The van der Waals surface area contributed by atoms with Crippen molar-refractivity contribution in [3.05, 3.63) is 34.9 Å². The molecule has 1 aromatic carbocycles. The molecule has 1 aromatic rings. The first kappa shape index (κ1) is 18.0. The van der Waals surface area contributed by atoms with Crippen LogP contribution >= 0.6 is 11.6 Å². The zero-order valence-corrected chi connectivity index (χ0v) is 13.4. The minimum absolute atomic E-state index is 0.120. The lowest BCUT2D eigenvalue weighted by Gasteiger charge is -2.14. The van der Waals surface area contributed by atoms with Crippen molar-refractivity contribution < 1.29 is 14.4 Å². The topological polar surface area (TPSA) is 87.3 Å². The van der Waals surface area contributed by atoms with E-state index in [9.17, 15) is 14.4 Å². The summed E-state index contributed by atoms with van der Waals surface area (Å²) in [5, 5.41) is 7.95. The Kier molecular flexibility index (Phi) is 7.39. The molecule has 0 fully saturated rings. The molecule has 0 bridgehead atoms. The summed E-state index contributed by atoms with van der Waals surface area (Å²) in [7, 11) is 0. The summed E-state index contributed by atoms with van der Waals surface area (Å²) in [5.41, 5.74) is 0.296. The van der Waals surface area contributed by atoms with Gasteiger partial charge in [-0.2, -0.15) is 0 Å². The number of hydrogen-bond acceptors (Lipinski definition) is 3. The van der Waals surface area contributed by atoms with Crippen molar-refractivity contribution in [3.8, 4) is 0 Å². The molecule has 0 heterocycles. The molecule has 0 aliphatic heterocycles. The van der Waals surface area contributed by atoms with Gasteiger partial charge in [-0.25, -0.2) is 0 Å². The Morgan fingerprint density at radius 1 is 1.18 bits per heavy atom. The molecule has 0 aromatic heterocycles. The largest absolute Gasteiger partial charge is 0.355 e. The van der Waals surface area contributed by atoms with Crippen molar-refractivity contribution in [1.29, 1.82) is 0 Å². The molecule has 0 radical (unpaired) electrons. The van der Waals surface area contributed by atoms with Crippen molar-refractivity contribution >= 4 is 29.3 Å². The van der Waals surface area contributed by atoms with Crippen molar-refractivity contribution in [1.82, 2.24) is 16.0 Å². The van der Waals surface area contributed by atoms with Gasteiger partial charge < -0.3 is 16.0 Å². The molecule has 3 amide bonds. The fraction of sp³-hybridized carbons (Fsp3) is 0.400. The second-order valence-electron chi connectivity index (χ2n) is 4.74. The van der Waals surface area contributed by atoms with E-state index in [2.05, 4.69) is 16.0 Å². The quantitative estimate of drug-likeness (QED) is 0.701. The first-order valence-electron chi connectivity index (χ1n) is 7.05. The molecular weight excluding hydrogens is 306 g/mol. The highest BCUT2D eigenvalue weighted by Gasteiger charge is 2.18. The fourth-order valence-electron chi connectivity index (χ4n) is 1.63. The lowest BCUT2D eigenvalue weighted by Crippen LogP contribution is -2.47. The van der Waals surface area contributed by atoms with Gasteiger partial charge in [-0.1, -0.05) is 30.7 Å². The smallest absolute Gasteiger partial charge is 0.253 e. The van der Waals surface area contributed by atoms with Gasteiger partial charge in [0.25, 0.3) is 5.91 Å². The second-order valence-corrected chi connectivity index (χ2v) is 5.15. The van der Waals surface area contributed by atoms with Gasteiger partial charge in [-0.05, 0) is 25.5 Å². The minimum atomic E-state index is -0.775. The Hall–Kier alpha value is -2.08. The minimum Gasteiger partial charge on any atom is -0.355 e. The van der Waals surface area contributed by atoms with Crippen LogP contribution in [-0.4, -0.2) is 36.9 Å². The third-order valence-corrected chi connectivity index (χ3v) is 3.18. The third-order valence-electron chi connectivity index (χ3n) is 2.85. The molecule has 0 saturated carbocycles. The number of carbonyl (C=O) groups is 3. The Morgan fingerprint density at radius 2 is 1.86 bits per heavy atom. The first-order valence-corrected chi connectivity index (χ1v) is 7.43. The van der Waals surface area contributed by atoms with Gasteiger partial charge >= 0.3 is 0 Å². The van der Waals surface area contributed by atoms with Gasteiger partial charge in [0.1, 0.15) is 6.04 Å². The van der Waals surface area contributed by atoms with Gasteiger partial charge in [-0.15, -0.1) is 0 Å². The summed E-state index contributed by atoms with van der Waals surface area (Å²) >= 11 is 5.92. The second kappa shape index (κ2) is 9.04. The summed E-state index contributed by atoms with van der Waals surface area (Å²) in [6.07, 6.45) is 0.823. The Labute approximate surface area is 134 Å². The normalized spacial score (nSPS) is 11.4. The molecular formula is C15H20ClN3O3. The molecule has 7 heteroatoms. The lowest BCUT2D eigenvalue weighted by atomic mass is 10.2. The molecule has 1 rings (SSSR count). The van der Waals surface area contributed by atoms with Crippen LogP contribution in [0.1, 0.15) is 30.6 Å². The SMILES string of the molecule is CCCNC(=O)CNC(=O)C(C)NC(=O)c1ccccc1Cl. The maximum Gasteiger partial charge on any atom is 0.253 e. The molecule has 1 unspecified atom stereocenters. The van der Waals surface area contributed by atoms with Crippen LogP contribution in [0.4, 0.5) is 0 Å². The summed E-state index contributed by atoms with van der Waals surface area (Å²) in [6, 6.07) is 5.79. The predicted octanol–water partition coefficient (Wildman–Crippen LogP) is 1.10. The van der Waals surface area contributed by atoms with Gasteiger partial charge in [0.2, 0.25) is 11.8 Å². The number of nitrogens with one attached hydrogen (secondary N) is 3. The van der Waals surface area contributed by atoms with Crippen LogP contribution in [0.3, 0.4) is 0 Å². The van der Waals surface area contributed by atoms with Crippen LogP contribution in [0.25, 0.3) is 0 Å². The summed E-state index contributed by atoms with van der Waals surface area (Å²) in [6.45, 7) is 3.91. The maximum atomic E-state index is 12.0. The Balaban J connectivity index is 2.46. The number of halogens is 1. The molecule has 1 atom stereocenters.